The van der Waals surface area contributed by atoms with Gasteiger partial charge in [-0.25, -0.2) is 8.42 Å². The Morgan fingerprint density at radius 2 is 1.67 bits per heavy atom. The third kappa shape index (κ3) is 8.90. The number of sulfonamides is 1. The Labute approximate surface area is 307 Å². The summed E-state index contributed by atoms with van der Waals surface area (Å²) in [6.07, 6.45) is -0.419. The number of benzene rings is 3. The zero-order chi connectivity index (χ0) is 36.7. The number of fused-ring (bicyclic) bond motifs is 1. The number of methoxy groups -OCH3 is 2. The number of amides is 1. The van der Waals surface area contributed by atoms with Crippen LogP contribution in [0.4, 0.5) is 5.69 Å². The van der Waals surface area contributed by atoms with Gasteiger partial charge in [0.2, 0.25) is 15.9 Å². The highest BCUT2D eigenvalue weighted by molar-refractivity contribution is 7.89. The number of nitrogens with zero attached hydrogens (tertiary/aromatic N) is 3. The summed E-state index contributed by atoms with van der Waals surface area (Å²) in [7, 11) is -0.614. The second kappa shape index (κ2) is 17.4. The second-order valence-electron chi connectivity index (χ2n) is 13.6. The lowest BCUT2D eigenvalue weighted by molar-refractivity contribution is -0.149. The molecule has 13 heteroatoms. The van der Waals surface area contributed by atoms with Gasteiger partial charge in [-0.15, -0.1) is 0 Å². The fraction of sp³-hybridized carbons (Fsp3) is 0.513. The van der Waals surface area contributed by atoms with Crippen LogP contribution in [0.1, 0.15) is 36.0 Å². The number of morpholine rings is 1. The van der Waals surface area contributed by atoms with Crippen LogP contribution in [0.3, 0.4) is 0 Å². The van der Waals surface area contributed by atoms with Crippen LogP contribution in [0.2, 0.25) is 0 Å². The van der Waals surface area contributed by atoms with Gasteiger partial charge in [0.15, 0.2) is 0 Å². The number of carbonyl (C=O) groups excluding carboxylic acids is 1. The summed E-state index contributed by atoms with van der Waals surface area (Å²) in [5.74, 6) is 0.966. The number of hydrogen-bond donors (Lipinski definition) is 0. The van der Waals surface area contributed by atoms with Gasteiger partial charge >= 0.3 is 0 Å². The number of ether oxygens (including phenoxy) is 6. The first kappa shape index (κ1) is 38.0. The van der Waals surface area contributed by atoms with Gasteiger partial charge in [-0.05, 0) is 67.8 Å². The van der Waals surface area contributed by atoms with Gasteiger partial charge in [0.25, 0.3) is 0 Å². The van der Waals surface area contributed by atoms with Crippen LogP contribution >= 0.6 is 0 Å². The minimum absolute atomic E-state index is 0.0470. The van der Waals surface area contributed by atoms with Crippen LogP contribution in [0.5, 0.6) is 11.5 Å². The molecule has 0 bridgehead atoms. The van der Waals surface area contributed by atoms with Crippen LogP contribution in [-0.4, -0.2) is 122 Å². The smallest absolute Gasteiger partial charge is 0.248 e. The lowest BCUT2D eigenvalue weighted by Crippen LogP contribution is -2.55. The third-order valence-corrected chi connectivity index (χ3v) is 11.9. The average Bonchev–Trinajstić information content (AvgIpc) is 3.16. The predicted octanol–water partition coefficient (Wildman–Crippen LogP) is 4.24. The highest BCUT2D eigenvalue weighted by Gasteiger charge is 2.44. The molecule has 0 N–H and O–H groups in total. The summed E-state index contributed by atoms with van der Waals surface area (Å²) in [6, 6.07) is 20.5. The van der Waals surface area contributed by atoms with Crippen molar-refractivity contribution in [2.45, 2.75) is 55.9 Å². The quantitative estimate of drug-likeness (QED) is 0.223. The molecule has 3 aliphatic rings. The van der Waals surface area contributed by atoms with Crippen LogP contribution in [0.15, 0.2) is 71.6 Å². The Bertz CT molecular complexity index is 1740. The molecule has 1 amide bonds. The Kier molecular flexibility index (Phi) is 12.7. The highest BCUT2D eigenvalue weighted by atomic mass is 32.2. The van der Waals surface area contributed by atoms with E-state index in [0.717, 1.165) is 47.6 Å². The Hall–Kier alpha value is -3.72. The third-order valence-electron chi connectivity index (χ3n) is 10.1. The Morgan fingerprint density at radius 3 is 2.38 bits per heavy atom. The first-order valence-electron chi connectivity index (χ1n) is 18.0. The first-order chi connectivity index (χ1) is 25.2. The van der Waals surface area contributed by atoms with Crippen molar-refractivity contribution in [3.63, 3.8) is 0 Å². The Morgan fingerprint density at radius 1 is 0.923 bits per heavy atom. The lowest BCUT2D eigenvalue weighted by atomic mass is 9.85. The number of carbonyl (C=O) groups is 1. The molecule has 3 heterocycles. The summed E-state index contributed by atoms with van der Waals surface area (Å²) in [4.78, 5) is 17.7. The van der Waals surface area contributed by atoms with Crippen LogP contribution < -0.4 is 14.4 Å². The molecule has 4 atom stereocenters. The number of rotatable bonds is 14. The van der Waals surface area contributed by atoms with Gasteiger partial charge in [-0.3, -0.25) is 4.79 Å². The molecule has 0 spiro atoms. The normalized spacial score (nSPS) is 22.5. The summed E-state index contributed by atoms with van der Waals surface area (Å²) in [5, 5.41) is 0. The monoisotopic (exact) mass is 737 g/mol. The van der Waals surface area contributed by atoms with E-state index < -0.39 is 28.1 Å². The van der Waals surface area contributed by atoms with Gasteiger partial charge in [-0.1, -0.05) is 35.9 Å². The van der Waals surface area contributed by atoms with Crippen LogP contribution in [-0.2, 0) is 40.4 Å². The number of aryl methyl sites for hydroxylation is 1. The fourth-order valence-corrected chi connectivity index (χ4v) is 8.63. The Balaban J connectivity index is 1.31. The van der Waals surface area contributed by atoms with Crippen molar-refractivity contribution >= 4 is 21.6 Å². The van der Waals surface area contributed by atoms with Crippen molar-refractivity contribution in [3.05, 3.63) is 83.4 Å². The molecule has 282 valence electrons. The molecule has 12 nitrogen and oxygen atoms in total. The van der Waals surface area contributed by atoms with Gasteiger partial charge < -0.3 is 38.2 Å². The summed E-state index contributed by atoms with van der Waals surface area (Å²) < 4.78 is 65.3. The van der Waals surface area contributed by atoms with Crippen molar-refractivity contribution in [2.75, 3.05) is 84.9 Å². The van der Waals surface area contributed by atoms with E-state index in [2.05, 4.69) is 11.0 Å². The van der Waals surface area contributed by atoms with Crippen molar-refractivity contribution < 1.29 is 41.6 Å². The van der Waals surface area contributed by atoms with E-state index in [9.17, 15) is 13.2 Å². The van der Waals surface area contributed by atoms with Gasteiger partial charge in [0.05, 0.1) is 62.3 Å². The number of anilines is 1. The molecule has 6 rings (SSSR count). The van der Waals surface area contributed by atoms with Crippen molar-refractivity contribution in [1.82, 2.24) is 9.21 Å². The highest BCUT2D eigenvalue weighted by Crippen LogP contribution is 2.38. The van der Waals surface area contributed by atoms with Crippen molar-refractivity contribution in [1.29, 1.82) is 0 Å². The summed E-state index contributed by atoms with van der Waals surface area (Å²) in [6.45, 7) is 8.34. The molecule has 52 heavy (non-hydrogen) atoms. The molecule has 0 saturated carbocycles. The largest absolute Gasteiger partial charge is 0.497 e. The number of piperidine rings is 1. The lowest BCUT2D eigenvalue weighted by Gasteiger charge is -2.43. The predicted molar refractivity (Wildman–Crippen MR) is 197 cm³/mol. The maximum absolute atomic E-state index is 14.2. The zero-order valence-electron chi connectivity index (χ0n) is 30.6. The molecule has 3 aromatic rings. The number of hydrogen-bond acceptors (Lipinski definition) is 10. The molecule has 3 aliphatic heterocycles. The SMILES string of the molecule is COCCCN1CCOc2ccc(CO[C@H]3CN(S(=O)(=O)c4ccc(C)cc4)C[C@@H](OCC(=O)N4CCOC[C@@H]4C)[C@@H]3c3ccc(OC)cc3)cc21. The standard InChI is InChI=1S/C39H51N3O9S/c1-28-6-13-33(14-7-28)52(44,45)41-23-36(50-26-30-8-15-35-34(22-30)40(17-21-49-35)16-5-19-46-3)39(31-9-11-32(47-4)12-10-31)37(24-41)51-27-38(43)42-18-20-48-25-29(42)2/h6-15,22,29,36-37,39H,5,16-21,23-27H2,1-4H3/t29-,36-,37+,39+/m0/s1. The molecule has 0 aliphatic carbocycles. The van der Waals surface area contributed by atoms with E-state index in [1.807, 2.05) is 50.2 Å². The van der Waals surface area contributed by atoms with Gasteiger partial charge in [0.1, 0.15) is 24.7 Å². The minimum atomic E-state index is -3.93. The van der Waals surface area contributed by atoms with E-state index in [1.54, 1.807) is 43.4 Å². The molecule has 0 radical (unpaired) electrons. The van der Waals surface area contributed by atoms with Crippen molar-refractivity contribution in [3.8, 4) is 11.5 Å². The molecular formula is C39H51N3O9S. The summed E-state index contributed by atoms with van der Waals surface area (Å²) >= 11 is 0. The fourth-order valence-electron chi connectivity index (χ4n) is 7.17. The average molecular weight is 738 g/mol. The molecular weight excluding hydrogens is 687 g/mol. The topological polar surface area (TPSA) is 116 Å². The van der Waals surface area contributed by atoms with E-state index in [1.165, 1.54) is 4.31 Å². The van der Waals surface area contributed by atoms with E-state index >= 15 is 0 Å². The van der Waals surface area contributed by atoms with E-state index in [4.69, 9.17) is 28.4 Å². The zero-order valence-corrected chi connectivity index (χ0v) is 31.4. The second-order valence-corrected chi connectivity index (χ2v) is 15.6. The van der Waals surface area contributed by atoms with Gasteiger partial charge in [-0.2, -0.15) is 4.31 Å². The maximum Gasteiger partial charge on any atom is 0.248 e. The molecule has 2 saturated heterocycles. The maximum atomic E-state index is 14.2. The molecule has 0 aromatic heterocycles. The first-order valence-corrected chi connectivity index (χ1v) is 19.4. The minimum Gasteiger partial charge on any atom is -0.497 e. The molecule has 2 fully saturated rings. The molecule has 3 aromatic carbocycles. The van der Waals surface area contributed by atoms with Gasteiger partial charge in [0, 0.05) is 45.8 Å². The van der Waals surface area contributed by atoms with Crippen LogP contribution in [0.25, 0.3) is 0 Å². The van der Waals surface area contributed by atoms with Crippen LogP contribution in [0, 0.1) is 6.92 Å². The molecule has 0 unspecified atom stereocenters. The van der Waals surface area contributed by atoms with E-state index in [0.29, 0.717) is 38.7 Å². The van der Waals surface area contributed by atoms with Crippen molar-refractivity contribution in [2.24, 2.45) is 0 Å². The summed E-state index contributed by atoms with van der Waals surface area (Å²) in [5.41, 5.74) is 3.79. The van der Waals surface area contributed by atoms with E-state index in [-0.39, 0.29) is 43.1 Å².